The van der Waals surface area contributed by atoms with Gasteiger partial charge in [0.05, 0.1) is 25.3 Å². The molecule has 0 bridgehead atoms. The van der Waals surface area contributed by atoms with Crippen molar-refractivity contribution in [3.05, 3.63) is 46.7 Å². The summed E-state index contributed by atoms with van der Waals surface area (Å²) in [4.78, 5) is 17.5. The van der Waals surface area contributed by atoms with Gasteiger partial charge in [0, 0.05) is 18.3 Å². The van der Waals surface area contributed by atoms with Crippen LogP contribution in [0, 0.1) is 0 Å². The van der Waals surface area contributed by atoms with E-state index in [1.165, 1.54) is 0 Å². The van der Waals surface area contributed by atoms with Gasteiger partial charge in [-0.2, -0.15) is 0 Å². The Morgan fingerprint density at radius 1 is 1.30 bits per heavy atom. The normalized spacial score (nSPS) is 17.3. The molecule has 5 nitrogen and oxygen atoms in total. The summed E-state index contributed by atoms with van der Waals surface area (Å²) in [7, 11) is 3.27. The smallest absolute Gasteiger partial charge is 0.270 e. The SMILES string of the molecule is COc1ccc(OC)c(C2CCCN2C(=O)c2cc(Cl)c[nH]2)c1. The first-order valence-electron chi connectivity index (χ1n) is 7.51. The van der Waals surface area contributed by atoms with Crippen LogP contribution in [0.15, 0.2) is 30.5 Å². The number of carbonyl (C=O) groups excluding carboxylic acids is 1. The monoisotopic (exact) mass is 334 g/mol. The first-order valence-corrected chi connectivity index (χ1v) is 7.88. The van der Waals surface area contributed by atoms with Crippen LogP contribution < -0.4 is 9.47 Å². The summed E-state index contributed by atoms with van der Waals surface area (Å²) in [5.74, 6) is 1.47. The van der Waals surface area contributed by atoms with Gasteiger partial charge in [0.15, 0.2) is 0 Å². The van der Waals surface area contributed by atoms with Crippen molar-refractivity contribution in [2.75, 3.05) is 20.8 Å². The molecule has 1 unspecified atom stereocenters. The van der Waals surface area contributed by atoms with E-state index in [-0.39, 0.29) is 11.9 Å². The predicted molar refractivity (Wildman–Crippen MR) is 88.4 cm³/mol. The topological polar surface area (TPSA) is 54.6 Å². The van der Waals surface area contributed by atoms with Crippen LogP contribution in [0.3, 0.4) is 0 Å². The maximum atomic E-state index is 12.8. The zero-order valence-electron chi connectivity index (χ0n) is 13.1. The average molecular weight is 335 g/mol. The molecule has 1 aromatic carbocycles. The molecule has 0 saturated carbocycles. The molecule has 122 valence electrons. The lowest BCUT2D eigenvalue weighted by Crippen LogP contribution is -2.31. The first-order chi connectivity index (χ1) is 11.1. The van der Waals surface area contributed by atoms with Gasteiger partial charge in [0.2, 0.25) is 0 Å². The van der Waals surface area contributed by atoms with Gasteiger partial charge in [0.1, 0.15) is 17.2 Å². The van der Waals surface area contributed by atoms with Gasteiger partial charge >= 0.3 is 0 Å². The number of methoxy groups -OCH3 is 2. The van der Waals surface area contributed by atoms with Crippen molar-refractivity contribution in [1.29, 1.82) is 0 Å². The summed E-state index contributed by atoms with van der Waals surface area (Å²) in [5, 5.41) is 0.531. The van der Waals surface area contributed by atoms with Crippen LogP contribution in [0.25, 0.3) is 0 Å². The van der Waals surface area contributed by atoms with E-state index in [0.29, 0.717) is 17.3 Å². The molecule has 3 rings (SSSR count). The zero-order valence-corrected chi connectivity index (χ0v) is 13.9. The molecule has 1 aromatic heterocycles. The number of ether oxygens (including phenoxy) is 2. The maximum Gasteiger partial charge on any atom is 0.270 e. The van der Waals surface area contributed by atoms with Gasteiger partial charge in [-0.3, -0.25) is 4.79 Å². The number of benzene rings is 1. The maximum absolute atomic E-state index is 12.8. The van der Waals surface area contributed by atoms with Gasteiger partial charge in [-0.05, 0) is 37.1 Å². The van der Waals surface area contributed by atoms with E-state index in [4.69, 9.17) is 21.1 Å². The molecular weight excluding hydrogens is 316 g/mol. The third kappa shape index (κ3) is 3.01. The standard InChI is InChI=1S/C17H19ClN2O3/c1-22-12-5-6-16(23-2)13(9-12)15-4-3-7-20(15)17(21)14-8-11(18)10-19-14/h5-6,8-10,15,19H,3-4,7H2,1-2H3. The molecule has 23 heavy (non-hydrogen) atoms. The van der Waals surface area contributed by atoms with Crippen LogP contribution in [0.4, 0.5) is 0 Å². The van der Waals surface area contributed by atoms with E-state index in [1.807, 2.05) is 23.1 Å². The number of hydrogen-bond donors (Lipinski definition) is 1. The number of likely N-dealkylation sites (tertiary alicyclic amines) is 1. The number of H-pyrrole nitrogens is 1. The Kier molecular flexibility index (Phi) is 4.48. The van der Waals surface area contributed by atoms with Crippen molar-refractivity contribution in [2.24, 2.45) is 0 Å². The Morgan fingerprint density at radius 3 is 2.78 bits per heavy atom. The van der Waals surface area contributed by atoms with E-state index in [1.54, 1.807) is 26.5 Å². The summed E-state index contributed by atoms with van der Waals surface area (Å²) in [6.45, 7) is 0.709. The highest BCUT2D eigenvalue weighted by Crippen LogP contribution is 2.39. The minimum atomic E-state index is -0.0516. The number of aromatic amines is 1. The molecule has 1 aliphatic rings. The second-order valence-corrected chi connectivity index (χ2v) is 5.93. The number of nitrogens with zero attached hydrogens (tertiary/aromatic N) is 1. The van der Waals surface area contributed by atoms with Crippen molar-refractivity contribution in [3.8, 4) is 11.5 Å². The number of hydrogen-bond acceptors (Lipinski definition) is 3. The van der Waals surface area contributed by atoms with Crippen LogP contribution in [-0.2, 0) is 0 Å². The fraction of sp³-hybridized carbons (Fsp3) is 0.353. The molecule has 6 heteroatoms. The van der Waals surface area contributed by atoms with Crippen molar-refractivity contribution in [3.63, 3.8) is 0 Å². The molecular formula is C17H19ClN2O3. The minimum Gasteiger partial charge on any atom is -0.497 e. The number of halogens is 1. The van der Waals surface area contributed by atoms with Gasteiger partial charge < -0.3 is 19.4 Å². The Bertz CT molecular complexity index is 714. The quantitative estimate of drug-likeness (QED) is 0.928. The highest BCUT2D eigenvalue weighted by atomic mass is 35.5. The molecule has 0 aliphatic carbocycles. The summed E-state index contributed by atoms with van der Waals surface area (Å²) >= 11 is 5.91. The van der Waals surface area contributed by atoms with Crippen molar-refractivity contribution < 1.29 is 14.3 Å². The number of carbonyl (C=O) groups is 1. The molecule has 1 fully saturated rings. The molecule has 1 aliphatic heterocycles. The fourth-order valence-corrected chi connectivity index (χ4v) is 3.24. The number of aromatic nitrogens is 1. The van der Waals surface area contributed by atoms with E-state index in [0.717, 1.165) is 29.9 Å². The molecule has 1 N–H and O–H groups in total. The fourth-order valence-electron chi connectivity index (χ4n) is 3.08. The van der Waals surface area contributed by atoms with Gasteiger partial charge in [0.25, 0.3) is 5.91 Å². The molecule has 0 spiro atoms. The Hall–Kier alpha value is -2.14. The van der Waals surface area contributed by atoms with Gasteiger partial charge in [-0.15, -0.1) is 0 Å². The van der Waals surface area contributed by atoms with Gasteiger partial charge in [-0.1, -0.05) is 11.6 Å². The van der Waals surface area contributed by atoms with E-state index >= 15 is 0 Å². The summed E-state index contributed by atoms with van der Waals surface area (Å²) in [6.07, 6.45) is 3.46. The molecule has 2 heterocycles. The highest BCUT2D eigenvalue weighted by molar-refractivity contribution is 6.30. The van der Waals surface area contributed by atoms with Crippen LogP contribution in [0.5, 0.6) is 11.5 Å². The molecule has 2 aromatic rings. The second-order valence-electron chi connectivity index (χ2n) is 5.50. The van der Waals surface area contributed by atoms with Crippen LogP contribution in [-0.4, -0.2) is 36.6 Å². The Labute approximate surface area is 140 Å². The highest BCUT2D eigenvalue weighted by Gasteiger charge is 2.33. The van der Waals surface area contributed by atoms with Crippen LogP contribution in [0.2, 0.25) is 5.02 Å². The van der Waals surface area contributed by atoms with Gasteiger partial charge in [-0.25, -0.2) is 0 Å². The second kappa shape index (κ2) is 6.54. The summed E-state index contributed by atoms with van der Waals surface area (Å²) in [6, 6.07) is 7.29. The molecule has 1 saturated heterocycles. The van der Waals surface area contributed by atoms with E-state index < -0.39 is 0 Å². The van der Waals surface area contributed by atoms with Crippen molar-refractivity contribution in [2.45, 2.75) is 18.9 Å². The Morgan fingerprint density at radius 2 is 2.13 bits per heavy atom. The predicted octanol–water partition coefficient (Wildman–Crippen LogP) is 3.66. The summed E-state index contributed by atoms with van der Waals surface area (Å²) in [5.41, 5.74) is 1.47. The largest absolute Gasteiger partial charge is 0.497 e. The van der Waals surface area contributed by atoms with Crippen LogP contribution >= 0.6 is 11.6 Å². The van der Waals surface area contributed by atoms with Crippen molar-refractivity contribution in [1.82, 2.24) is 9.88 Å². The number of nitrogens with one attached hydrogen (secondary N) is 1. The number of rotatable bonds is 4. The average Bonchev–Trinajstić information content (AvgIpc) is 3.22. The molecule has 0 radical (unpaired) electrons. The first kappa shape index (κ1) is 15.7. The lowest BCUT2D eigenvalue weighted by molar-refractivity contribution is 0.0728. The lowest BCUT2D eigenvalue weighted by Gasteiger charge is -2.26. The van der Waals surface area contributed by atoms with Crippen molar-refractivity contribution >= 4 is 17.5 Å². The van der Waals surface area contributed by atoms with E-state index in [2.05, 4.69) is 4.98 Å². The zero-order chi connectivity index (χ0) is 16.4. The third-order valence-electron chi connectivity index (χ3n) is 4.19. The van der Waals surface area contributed by atoms with E-state index in [9.17, 15) is 4.79 Å². The lowest BCUT2D eigenvalue weighted by atomic mass is 10.0. The summed E-state index contributed by atoms with van der Waals surface area (Å²) < 4.78 is 10.8. The number of amides is 1. The Balaban J connectivity index is 1.94. The third-order valence-corrected chi connectivity index (χ3v) is 4.41. The van der Waals surface area contributed by atoms with Crippen LogP contribution in [0.1, 0.15) is 34.9 Å². The minimum absolute atomic E-state index is 0.0328. The molecule has 1 amide bonds. The molecule has 1 atom stereocenters.